The summed E-state index contributed by atoms with van der Waals surface area (Å²) in [7, 11) is 0. The predicted molar refractivity (Wildman–Crippen MR) is 240 cm³/mol. The van der Waals surface area contributed by atoms with Gasteiger partial charge in [0.15, 0.2) is 6.23 Å². The second-order valence-electron chi connectivity index (χ2n) is 18.7. The molecular formula is C45H62N14O4. The molecule has 0 bridgehead atoms. The summed E-state index contributed by atoms with van der Waals surface area (Å²) in [6.07, 6.45) is 13.2. The molecule has 4 fully saturated rings. The van der Waals surface area contributed by atoms with E-state index in [0.29, 0.717) is 73.6 Å². The van der Waals surface area contributed by atoms with Crippen LogP contribution >= 0.6 is 0 Å². The fourth-order valence-electron chi connectivity index (χ4n) is 9.55. The lowest BCUT2D eigenvalue weighted by Gasteiger charge is -2.38. The summed E-state index contributed by atoms with van der Waals surface area (Å²) in [5.41, 5.74) is 2.26. The monoisotopic (exact) mass is 863 g/mol. The van der Waals surface area contributed by atoms with E-state index in [0.717, 1.165) is 107 Å². The molecule has 6 unspecified atom stereocenters. The molecule has 18 nitrogen and oxygen atoms in total. The van der Waals surface area contributed by atoms with Gasteiger partial charge in [-0.15, -0.1) is 0 Å². The number of nitrogens with one attached hydrogen (secondary N) is 6. The van der Waals surface area contributed by atoms with Gasteiger partial charge in [0.25, 0.3) is 0 Å². The number of hydrogen-bond donors (Lipinski definition) is 6. The zero-order valence-electron chi connectivity index (χ0n) is 36.8. The van der Waals surface area contributed by atoms with Crippen LogP contribution in [0.15, 0.2) is 52.4 Å². The van der Waals surface area contributed by atoms with Gasteiger partial charge in [-0.05, 0) is 103 Å². The van der Waals surface area contributed by atoms with Gasteiger partial charge < -0.3 is 40.8 Å². The highest BCUT2D eigenvalue weighted by Gasteiger charge is 2.36. The van der Waals surface area contributed by atoms with Gasteiger partial charge in [0.1, 0.15) is 29.9 Å². The molecule has 18 heteroatoms. The summed E-state index contributed by atoms with van der Waals surface area (Å²) in [6.45, 7) is 13.2. The highest BCUT2D eigenvalue weighted by atomic mass is 16.5. The Morgan fingerprint density at radius 2 is 1.60 bits per heavy atom. The molecule has 0 aromatic carbocycles. The molecule has 6 N–H and O–H groups in total. The summed E-state index contributed by atoms with van der Waals surface area (Å²) in [5, 5.41) is 20.2. The van der Waals surface area contributed by atoms with Crippen LogP contribution in [-0.4, -0.2) is 124 Å². The molecule has 0 radical (unpaired) electrons. The van der Waals surface area contributed by atoms with Crippen LogP contribution in [-0.2, 0) is 25.4 Å². The maximum atomic E-state index is 12.9. The summed E-state index contributed by atoms with van der Waals surface area (Å²) in [5.74, 6) is 5.17. The van der Waals surface area contributed by atoms with Gasteiger partial charge in [0, 0.05) is 82.7 Å². The number of ether oxygens (including phenoxy) is 3. The Kier molecular flexibility index (Phi) is 13.2. The normalized spacial score (nSPS) is 28.0. The Bertz CT molecular complexity index is 2190. The highest BCUT2D eigenvalue weighted by molar-refractivity contribution is 6.12. The van der Waals surface area contributed by atoms with E-state index in [1.54, 1.807) is 12.4 Å². The molecule has 1 amide bonds. The lowest BCUT2D eigenvalue weighted by molar-refractivity contribution is -0.119. The summed E-state index contributed by atoms with van der Waals surface area (Å²) >= 11 is 0. The van der Waals surface area contributed by atoms with E-state index in [9.17, 15) is 4.79 Å². The molecule has 4 saturated heterocycles. The number of nitrogens with zero attached hydrogens (tertiary/aromatic N) is 8. The SMILES string of the molecule is CC1(C)CC(CNc2cc(-c3ccnc(NC(=O)C4CCNC4)n3)nc(CC3(C)CC(CNC4=NCN=C(c5ccnc(NC6C=C(C7CCCNC7)O6)n5)C4)CCO3)n2)CCO1. The number of amidine groups is 1. The van der Waals surface area contributed by atoms with Gasteiger partial charge in [0.05, 0.1) is 39.9 Å². The van der Waals surface area contributed by atoms with Gasteiger partial charge in [0.2, 0.25) is 17.8 Å². The first-order valence-electron chi connectivity index (χ1n) is 22.8. The Hall–Kier alpha value is -5.17. The smallest absolute Gasteiger partial charge is 0.231 e. The topological polar surface area (TPSA) is 219 Å². The molecule has 9 rings (SSSR count). The van der Waals surface area contributed by atoms with Gasteiger partial charge in [-0.2, -0.15) is 0 Å². The number of hydrogen-bond acceptors (Lipinski definition) is 17. The van der Waals surface area contributed by atoms with Crippen molar-refractivity contribution in [1.29, 1.82) is 0 Å². The van der Waals surface area contributed by atoms with Crippen LogP contribution in [0, 0.1) is 23.7 Å². The molecule has 0 aliphatic carbocycles. The number of piperidine rings is 1. The zero-order chi connectivity index (χ0) is 43.2. The van der Waals surface area contributed by atoms with E-state index in [4.69, 9.17) is 44.1 Å². The standard InChI is InChI=1S/C45H62N14O4/c1-44(2)20-28(9-15-61-44)23-51-38-18-35(33-8-14-49-43(56-33)59-41(60)31-6-12-47-26-31)54-39(57-38)22-45(3)21-29(10-16-62-45)24-50-37-17-34(52-27-53-37)32-7-13-48-42(55-32)58-40-19-36(63-40)30-5-4-11-46-25-30/h7-8,13-14,18-19,28-31,40,46-47H,4-6,9-12,15-17,20-27H2,1-3H3,(H,50,53)(H,48,55,58)(H,51,54,57)(H,49,56,59,60). The Morgan fingerprint density at radius 3 is 2.41 bits per heavy atom. The van der Waals surface area contributed by atoms with Crippen molar-refractivity contribution < 1.29 is 19.0 Å². The summed E-state index contributed by atoms with van der Waals surface area (Å²) in [6, 6.07) is 5.65. The molecule has 3 aromatic heterocycles. The maximum Gasteiger partial charge on any atom is 0.231 e. The first kappa shape index (κ1) is 43.1. The average molecular weight is 863 g/mol. The number of carbonyl (C=O) groups excluding carboxylic acids is 1. The fourth-order valence-corrected chi connectivity index (χ4v) is 9.55. The quantitative estimate of drug-likeness (QED) is 0.134. The number of carbonyl (C=O) groups is 1. The largest absolute Gasteiger partial charge is 0.471 e. The van der Waals surface area contributed by atoms with Crippen molar-refractivity contribution >= 4 is 35.2 Å². The minimum Gasteiger partial charge on any atom is -0.471 e. The van der Waals surface area contributed by atoms with Gasteiger partial charge >= 0.3 is 0 Å². The third-order valence-corrected chi connectivity index (χ3v) is 12.9. The second kappa shape index (κ2) is 19.3. The summed E-state index contributed by atoms with van der Waals surface area (Å²) in [4.78, 5) is 50.8. The lowest BCUT2D eigenvalue weighted by atomic mass is 9.84. The zero-order valence-corrected chi connectivity index (χ0v) is 36.8. The number of anilines is 3. The van der Waals surface area contributed by atoms with Crippen molar-refractivity contribution in [3.8, 4) is 11.4 Å². The molecule has 6 aliphatic rings. The highest BCUT2D eigenvalue weighted by Crippen LogP contribution is 2.34. The molecule has 6 atom stereocenters. The van der Waals surface area contributed by atoms with E-state index >= 15 is 0 Å². The third kappa shape index (κ3) is 11.3. The number of amides is 1. The number of rotatable bonds is 14. The van der Waals surface area contributed by atoms with Gasteiger partial charge in [-0.1, -0.05) is 0 Å². The molecule has 0 spiro atoms. The van der Waals surface area contributed by atoms with Gasteiger partial charge in [-0.25, -0.2) is 34.9 Å². The Labute approximate surface area is 369 Å². The predicted octanol–water partition coefficient (Wildman–Crippen LogP) is 4.11. The first-order valence-corrected chi connectivity index (χ1v) is 22.8. The van der Waals surface area contributed by atoms with E-state index < -0.39 is 5.60 Å². The van der Waals surface area contributed by atoms with E-state index in [-0.39, 0.29) is 29.6 Å². The average Bonchev–Trinajstić information content (AvgIpc) is 3.82. The minimum atomic E-state index is -0.496. The van der Waals surface area contributed by atoms with Crippen molar-refractivity contribution in [3.05, 3.63) is 53.9 Å². The molecule has 63 heavy (non-hydrogen) atoms. The molecule has 3 aromatic rings. The van der Waals surface area contributed by atoms with Crippen LogP contribution in [0.3, 0.4) is 0 Å². The van der Waals surface area contributed by atoms with E-state index in [1.165, 1.54) is 6.42 Å². The third-order valence-electron chi connectivity index (χ3n) is 12.9. The number of aliphatic imine (C=N–C) groups is 2. The molecule has 6 aliphatic heterocycles. The van der Waals surface area contributed by atoms with Crippen molar-refractivity contribution in [1.82, 2.24) is 45.9 Å². The summed E-state index contributed by atoms with van der Waals surface area (Å²) < 4.78 is 18.6. The van der Waals surface area contributed by atoms with Crippen LogP contribution in [0.1, 0.15) is 83.7 Å². The first-order chi connectivity index (χ1) is 30.6. The minimum absolute atomic E-state index is 0.0795. The van der Waals surface area contributed by atoms with Crippen molar-refractivity contribution in [2.75, 3.05) is 75.1 Å². The molecule has 9 heterocycles. The fraction of sp³-hybridized carbons (Fsp3) is 0.622. The van der Waals surface area contributed by atoms with Crippen LogP contribution in [0.4, 0.5) is 17.7 Å². The lowest BCUT2D eigenvalue weighted by Crippen LogP contribution is -2.43. The van der Waals surface area contributed by atoms with Crippen LogP contribution in [0.5, 0.6) is 0 Å². The second-order valence-corrected chi connectivity index (χ2v) is 18.7. The number of aromatic nitrogens is 6. The van der Waals surface area contributed by atoms with E-state index in [2.05, 4.69) is 68.7 Å². The van der Waals surface area contributed by atoms with Gasteiger partial charge in [-0.3, -0.25) is 15.1 Å². The van der Waals surface area contributed by atoms with Crippen LogP contribution < -0.4 is 31.9 Å². The van der Waals surface area contributed by atoms with Crippen molar-refractivity contribution in [2.45, 2.75) is 96.0 Å². The van der Waals surface area contributed by atoms with Crippen molar-refractivity contribution in [2.24, 2.45) is 33.7 Å². The molecule has 0 saturated carbocycles. The van der Waals surface area contributed by atoms with Crippen LogP contribution in [0.25, 0.3) is 11.4 Å². The Morgan fingerprint density at radius 1 is 0.825 bits per heavy atom. The molecular weight excluding hydrogens is 801 g/mol. The Balaban J connectivity index is 0.827. The van der Waals surface area contributed by atoms with E-state index in [1.807, 2.05) is 18.2 Å². The van der Waals surface area contributed by atoms with Crippen LogP contribution in [0.2, 0.25) is 0 Å². The molecule has 336 valence electrons. The maximum absolute atomic E-state index is 12.9. The van der Waals surface area contributed by atoms with Crippen molar-refractivity contribution in [3.63, 3.8) is 0 Å².